The number of rotatable bonds is 8. The van der Waals surface area contributed by atoms with Gasteiger partial charge in [-0.25, -0.2) is 9.48 Å². The van der Waals surface area contributed by atoms with Crippen LogP contribution in [-0.4, -0.2) is 45.2 Å². The van der Waals surface area contributed by atoms with Crippen LogP contribution in [0.1, 0.15) is 16.1 Å². The first-order valence-electron chi connectivity index (χ1n) is 11.2. The van der Waals surface area contributed by atoms with E-state index in [9.17, 15) is 28.0 Å². The van der Waals surface area contributed by atoms with Crippen molar-refractivity contribution < 1.29 is 37.3 Å². The number of hydrogen-bond donors (Lipinski definition) is 4. The Morgan fingerprint density at radius 2 is 1.82 bits per heavy atom. The Labute approximate surface area is 218 Å². The van der Waals surface area contributed by atoms with Crippen LogP contribution in [-0.2, 0) is 6.18 Å². The molecule has 0 aliphatic rings. The number of pyridine rings is 1. The van der Waals surface area contributed by atoms with Crippen molar-refractivity contribution in [3.05, 3.63) is 89.7 Å². The number of carbonyl (C=O) groups excluding carboxylic acids is 2. The Morgan fingerprint density at radius 3 is 2.49 bits per heavy atom. The van der Waals surface area contributed by atoms with Crippen LogP contribution in [0, 0.1) is 5.21 Å². The van der Waals surface area contributed by atoms with E-state index in [1.165, 1.54) is 59.5 Å². The number of alkyl halides is 3. The Morgan fingerprint density at radius 1 is 1.05 bits per heavy atom. The summed E-state index contributed by atoms with van der Waals surface area (Å²) in [7, 11) is 0. The van der Waals surface area contributed by atoms with Gasteiger partial charge in [-0.3, -0.25) is 4.79 Å². The molecule has 4 N–H and O–H groups in total. The van der Waals surface area contributed by atoms with Crippen LogP contribution in [0.25, 0.3) is 5.69 Å². The number of amides is 3. The number of urea groups is 1. The first kappa shape index (κ1) is 26.9. The van der Waals surface area contributed by atoms with Crippen molar-refractivity contribution >= 4 is 23.3 Å². The van der Waals surface area contributed by atoms with Crippen LogP contribution in [0.4, 0.5) is 29.3 Å². The largest absolute Gasteiger partial charge is 0.618 e. The molecule has 15 heteroatoms. The van der Waals surface area contributed by atoms with Crippen LogP contribution in [0.5, 0.6) is 11.5 Å². The minimum absolute atomic E-state index is 0.0263. The SMILES string of the molecule is O=C(Nc1ccc(Oc2cc[n+]([O-])c(C(=O)NCCO)c2)cc1)Nc1cc(C(F)(F)F)ccc1-n1ccnn1. The molecule has 2 heterocycles. The van der Waals surface area contributed by atoms with Gasteiger partial charge >= 0.3 is 18.1 Å². The Bertz CT molecular complexity index is 1460. The van der Waals surface area contributed by atoms with Gasteiger partial charge in [0.25, 0.3) is 5.69 Å². The molecule has 0 saturated heterocycles. The average molecular weight is 543 g/mol. The van der Waals surface area contributed by atoms with E-state index in [2.05, 4.69) is 26.3 Å². The summed E-state index contributed by atoms with van der Waals surface area (Å²) < 4.78 is 46.9. The van der Waals surface area contributed by atoms with E-state index in [1.54, 1.807) is 0 Å². The zero-order valence-electron chi connectivity index (χ0n) is 19.8. The lowest BCUT2D eigenvalue weighted by Gasteiger charge is -2.15. The summed E-state index contributed by atoms with van der Waals surface area (Å²) in [5.41, 5.74) is -0.877. The minimum atomic E-state index is -4.62. The Balaban J connectivity index is 1.44. The molecule has 0 aliphatic heterocycles. The quantitative estimate of drug-likeness (QED) is 0.196. The zero-order chi connectivity index (χ0) is 28.0. The predicted octanol–water partition coefficient (Wildman–Crippen LogP) is 3.08. The Hall–Kier alpha value is -5.18. The van der Waals surface area contributed by atoms with Crippen molar-refractivity contribution in [2.45, 2.75) is 6.18 Å². The molecule has 0 unspecified atom stereocenters. The molecule has 12 nitrogen and oxygen atoms in total. The average Bonchev–Trinajstić information content (AvgIpc) is 3.44. The van der Waals surface area contributed by atoms with Crippen LogP contribution in [0.15, 0.2) is 73.2 Å². The number of nitrogens with one attached hydrogen (secondary N) is 3. The number of ether oxygens (including phenoxy) is 1. The van der Waals surface area contributed by atoms with E-state index in [1.807, 2.05) is 0 Å². The fourth-order valence-corrected chi connectivity index (χ4v) is 3.33. The number of nitrogens with zero attached hydrogens (tertiary/aromatic N) is 4. The lowest BCUT2D eigenvalue weighted by molar-refractivity contribution is -0.607. The molecule has 2 aromatic heterocycles. The molecule has 2 aromatic carbocycles. The fourth-order valence-electron chi connectivity index (χ4n) is 3.33. The van der Waals surface area contributed by atoms with Crippen molar-refractivity contribution in [2.24, 2.45) is 0 Å². The van der Waals surface area contributed by atoms with Crippen LogP contribution in [0.2, 0.25) is 0 Å². The monoisotopic (exact) mass is 543 g/mol. The standard InChI is InChI=1S/C24H20F3N7O5/c25-24(26,27)15-1-6-20(33-11-8-29-32-33)19(13-15)31-23(37)30-16-2-4-17(5-3-16)39-18-7-10-34(38)21(14-18)22(36)28-9-12-35/h1-8,10-11,13-14,35H,9,12H2,(H,28,36)(H2,30,31,37). The molecule has 0 aliphatic carbocycles. The fraction of sp³-hybridized carbons (Fsp3) is 0.125. The van der Waals surface area contributed by atoms with Gasteiger partial charge in [-0.1, -0.05) is 5.21 Å². The molecule has 0 saturated carbocycles. The van der Waals surface area contributed by atoms with Crippen molar-refractivity contribution in [3.8, 4) is 17.2 Å². The van der Waals surface area contributed by atoms with E-state index < -0.39 is 23.7 Å². The van der Waals surface area contributed by atoms with Gasteiger partial charge < -0.3 is 31.0 Å². The number of benzene rings is 2. The van der Waals surface area contributed by atoms with Gasteiger partial charge in [0.15, 0.2) is 6.20 Å². The lowest BCUT2D eigenvalue weighted by atomic mass is 10.1. The van der Waals surface area contributed by atoms with E-state index in [0.29, 0.717) is 16.2 Å². The maximum atomic E-state index is 13.2. The first-order valence-corrected chi connectivity index (χ1v) is 11.2. The maximum Gasteiger partial charge on any atom is 0.416 e. The van der Waals surface area contributed by atoms with Gasteiger partial charge in [0, 0.05) is 18.3 Å². The molecule has 3 amide bonds. The van der Waals surface area contributed by atoms with E-state index in [4.69, 9.17) is 9.84 Å². The van der Waals surface area contributed by atoms with Gasteiger partial charge in [-0.05, 0) is 42.5 Å². The topological polar surface area (TPSA) is 157 Å². The molecule has 4 aromatic rings. The summed E-state index contributed by atoms with van der Waals surface area (Å²) in [4.78, 5) is 24.6. The highest BCUT2D eigenvalue weighted by Gasteiger charge is 2.31. The second-order valence-electron chi connectivity index (χ2n) is 7.84. The van der Waals surface area contributed by atoms with E-state index in [-0.39, 0.29) is 36.0 Å². The van der Waals surface area contributed by atoms with E-state index in [0.717, 1.165) is 18.3 Å². The number of aliphatic hydroxyl groups is 1. The molecule has 0 fully saturated rings. The summed E-state index contributed by atoms with van der Waals surface area (Å²) in [6, 6.07) is 10.5. The van der Waals surface area contributed by atoms with Gasteiger partial charge in [-0.2, -0.15) is 17.9 Å². The van der Waals surface area contributed by atoms with Crippen molar-refractivity contribution in [1.29, 1.82) is 0 Å². The van der Waals surface area contributed by atoms with Crippen LogP contribution < -0.4 is 25.4 Å². The molecule has 202 valence electrons. The summed E-state index contributed by atoms with van der Waals surface area (Å²) in [6.07, 6.45) is -0.783. The second kappa shape index (κ2) is 11.5. The summed E-state index contributed by atoms with van der Waals surface area (Å²) in [5, 5.41) is 35.4. The highest BCUT2D eigenvalue weighted by Crippen LogP contribution is 2.33. The number of aromatic nitrogens is 4. The third kappa shape index (κ3) is 6.78. The van der Waals surface area contributed by atoms with Crippen molar-refractivity contribution in [3.63, 3.8) is 0 Å². The highest BCUT2D eigenvalue weighted by molar-refractivity contribution is 6.01. The normalized spacial score (nSPS) is 11.1. The lowest BCUT2D eigenvalue weighted by Crippen LogP contribution is -2.39. The zero-order valence-corrected chi connectivity index (χ0v) is 19.8. The third-order valence-electron chi connectivity index (χ3n) is 5.11. The number of carbonyl (C=O) groups is 2. The van der Waals surface area contributed by atoms with Gasteiger partial charge in [0.1, 0.15) is 11.5 Å². The smallest absolute Gasteiger partial charge is 0.416 e. The number of hydrogen-bond acceptors (Lipinski definition) is 7. The van der Waals surface area contributed by atoms with Gasteiger partial charge in [-0.15, -0.1) is 5.10 Å². The number of aliphatic hydroxyl groups excluding tert-OH is 1. The second-order valence-corrected chi connectivity index (χ2v) is 7.84. The molecular formula is C24H20F3N7O5. The highest BCUT2D eigenvalue weighted by atomic mass is 19.4. The molecular weight excluding hydrogens is 523 g/mol. The first-order chi connectivity index (χ1) is 18.6. The molecule has 39 heavy (non-hydrogen) atoms. The molecule has 0 radical (unpaired) electrons. The van der Waals surface area contributed by atoms with Gasteiger partial charge in [0.05, 0.1) is 42.0 Å². The summed E-state index contributed by atoms with van der Waals surface area (Å²) in [6.45, 7) is -0.316. The summed E-state index contributed by atoms with van der Waals surface area (Å²) in [5.74, 6) is -0.208. The van der Waals surface area contributed by atoms with E-state index >= 15 is 0 Å². The number of halogens is 3. The van der Waals surface area contributed by atoms with Crippen LogP contribution >= 0.6 is 0 Å². The third-order valence-corrected chi connectivity index (χ3v) is 5.11. The maximum absolute atomic E-state index is 13.2. The minimum Gasteiger partial charge on any atom is -0.618 e. The summed E-state index contributed by atoms with van der Waals surface area (Å²) >= 11 is 0. The van der Waals surface area contributed by atoms with Crippen LogP contribution in [0.3, 0.4) is 0 Å². The molecule has 0 atom stereocenters. The van der Waals surface area contributed by atoms with Crippen molar-refractivity contribution in [2.75, 3.05) is 23.8 Å². The Kier molecular flexibility index (Phi) is 7.90. The number of anilines is 2. The van der Waals surface area contributed by atoms with Gasteiger partial charge in [0.2, 0.25) is 0 Å². The molecule has 4 rings (SSSR count). The predicted molar refractivity (Wildman–Crippen MR) is 130 cm³/mol. The molecule has 0 bridgehead atoms. The molecule has 0 spiro atoms. The van der Waals surface area contributed by atoms with Crippen molar-refractivity contribution in [1.82, 2.24) is 20.3 Å².